The number of para-hydroxylation sites is 1. The smallest absolute Gasteiger partial charge is 0.123 e. The zero-order valence-electron chi connectivity index (χ0n) is 12.5. The molecule has 0 aliphatic carbocycles. The molecule has 0 aliphatic rings. The summed E-state index contributed by atoms with van der Waals surface area (Å²) in [6.45, 7) is 2.17. The summed E-state index contributed by atoms with van der Waals surface area (Å²) in [7, 11) is 3.74. The van der Waals surface area contributed by atoms with Gasteiger partial charge in [-0.25, -0.2) is 0 Å². The first kappa shape index (κ1) is 14.6. The summed E-state index contributed by atoms with van der Waals surface area (Å²) in [6, 6.07) is 17.1. The zero-order chi connectivity index (χ0) is 14.4. The van der Waals surface area contributed by atoms with E-state index in [0.717, 1.165) is 18.6 Å². The lowest BCUT2D eigenvalue weighted by molar-refractivity contribution is 0.399. The highest BCUT2D eigenvalue weighted by Gasteiger charge is 2.14. The van der Waals surface area contributed by atoms with Crippen LogP contribution in [-0.2, 0) is 6.42 Å². The predicted molar refractivity (Wildman–Crippen MR) is 84.3 cm³/mol. The molecule has 0 bridgehead atoms. The van der Waals surface area contributed by atoms with Crippen LogP contribution in [0.3, 0.4) is 0 Å². The molecule has 2 heteroatoms. The van der Waals surface area contributed by atoms with E-state index in [9.17, 15) is 0 Å². The number of hydrogen-bond donors (Lipinski definition) is 1. The summed E-state index contributed by atoms with van der Waals surface area (Å²) >= 11 is 0. The zero-order valence-corrected chi connectivity index (χ0v) is 12.5. The molecule has 0 heterocycles. The van der Waals surface area contributed by atoms with E-state index in [4.69, 9.17) is 4.74 Å². The Kier molecular flexibility index (Phi) is 5.19. The van der Waals surface area contributed by atoms with Gasteiger partial charge in [0.05, 0.1) is 7.11 Å². The number of aryl methyl sites for hydroxylation is 2. The van der Waals surface area contributed by atoms with Crippen molar-refractivity contribution in [3.8, 4) is 5.75 Å². The normalized spacial score (nSPS) is 12.2. The number of methoxy groups -OCH3 is 1. The Balaban J connectivity index is 2.11. The highest BCUT2D eigenvalue weighted by molar-refractivity contribution is 5.36. The molecule has 1 N–H and O–H groups in total. The molecular weight excluding hydrogens is 246 g/mol. The van der Waals surface area contributed by atoms with Gasteiger partial charge >= 0.3 is 0 Å². The lowest BCUT2D eigenvalue weighted by atomic mass is 9.96. The Labute approximate surface area is 121 Å². The molecule has 0 saturated heterocycles. The molecule has 0 amide bonds. The first-order chi connectivity index (χ1) is 9.76. The molecule has 0 fully saturated rings. The van der Waals surface area contributed by atoms with E-state index >= 15 is 0 Å². The first-order valence-corrected chi connectivity index (χ1v) is 7.11. The largest absolute Gasteiger partial charge is 0.496 e. The van der Waals surface area contributed by atoms with Gasteiger partial charge in [-0.3, -0.25) is 0 Å². The highest BCUT2D eigenvalue weighted by Crippen LogP contribution is 2.28. The van der Waals surface area contributed by atoms with Crippen LogP contribution in [-0.4, -0.2) is 14.2 Å². The summed E-state index contributed by atoms with van der Waals surface area (Å²) in [5.41, 5.74) is 4.01. The van der Waals surface area contributed by atoms with E-state index in [1.54, 1.807) is 7.11 Å². The number of hydrogen-bond acceptors (Lipinski definition) is 2. The van der Waals surface area contributed by atoms with E-state index in [0.29, 0.717) is 6.04 Å². The lowest BCUT2D eigenvalue weighted by Crippen LogP contribution is -2.18. The minimum absolute atomic E-state index is 0.311. The van der Waals surface area contributed by atoms with Gasteiger partial charge in [0.1, 0.15) is 5.75 Å². The van der Waals surface area contributed by atoms with Crippen molar-refractivity contribution < 1.29 is 4.74 Å². The Bertz CT molecular complexity index is 551. The van der Waals surface area contributed by atoms with Crippen molar-refractivity contribution in [2.45, 2.75) is 25.8 Å². The van der Waals surface area contributed by atoms with Crippen LogP contribution in [0.2, 0.25) is 0 Å². The predicted octanol–water partition coefficient (Wildman–Crippen LogP) is 3.90. The Morgan fingerprint density at radius 1 is 1.05 bits per heavy atom. The van der Waals surface area contributed by atoms with Crippen molar-refractivity contribution in [2.75, 3.05) is 14.2 Å². The summed E-state index contributed by atoms with van der Waals surface area (Å²) < 4.78 is 5.46. The van der Waals surface area contributed by atoms with Crippen molar-refractivity contribution in [1.82, 2.24) is 5.32 Å². The molecular formula is C18H23NO. The van der Waals surface area contributed by atoms with E-state index in [-0.39, 0.29) is 0 Å². The van der Waals surface area contributed by atoms with E-state index in [1.807, 2.05) is 19.2 Å². The molecule has 20 heavy (non-hydrogen) atoms. The molecule has 0 radical (unpaired) electrons. The van der Waals surface area contributed by atoms with Gasteiger partial charge in [-0.2, -0.15) is 0 Å². The summed E-state index contributed by atoms with van der Waals surface area (Å²) in [6.07, 6.45) is 2.12. The Morgan fingerprint density at radius 3 is 2.45 bits per heavy atom. The maximum Gasteiger partial charge on any atom is 0.123 e. The second-order valence-corrected chi connectivity index (χ2v) is 5.05. The van der Waals surface area contributed by atoms with Gasteiger partial charge in [0.15, 0.2) is 0 Å². The van der Waals surface area contributed by atoms with Gasteiger partial charge in [-0.1, -0.05) is 42.5 Å². The SMILES string of the molecule is CNC(CCc1ccccc1C)c1ccccc1OC. The third kappa shape index (κ3) is 3.40. The molecule has 0 aliphatic heterocycles. The second-order valence-electron chi connectivity index (χ2n) is 5.05. The van der Waals surface area contributed by atoms with Crippen molar-refractivity contribution in [3.63, 3.8) is 0 Å². The van der Waals surface area contributed by atoms with Crippen LogP contribution in [0.15, 0.2) is 48.5 Å². The molecule has 2 rings (SSSR count). The fourth-order valence-electron chi connectivity index (χ4n) is 2.60. The van der Waals surface area contributed by atoms with Gasteiger partial charge < -0.3 is 10.1 Å². The van der Waals surface area contributed by atoms with Gasteiger partial charge in [-0.15, -0.1) is 0 Å². The number of rotatable bonds is 6. The van der Waals surface area contributed by atoms with Crippen LogP contribution >= 0.6 is 0 Å². The first-order valence-electron chi connectivity index (χ1n) is 7.11. The van der Waals surface area contributed by atoms with Crippen LogP contribution in [0.1, 0.15) is 29.2 Å². The van der Waals surface area contributed by atoms with Crippen LogP contribution in [0.25, 0.3) is 0 Å². The van der Waals surface area contributed by atoms with Gasteiger partial charge in [0.2, 0.25) is 0 Å². The average molecular weight is 269 g/mol. The van der Waals surface area contributed by atoms with E-state index in [1.165, 1.54) is 16.7 Å². The minimum Gasteiger partial charge on any atom is -0.496 e. The standard InChI is InChI=1S/C18H23NO/c1-14-8-4-5-9-15(14)12-13-17(19-2)16-10-6-7-11-18(16)20-3/h4-11,17,19H,12-13H2,1-3H3. The van der Waals surface area contributed by atoms with Crippen LogP contribution < -0.4 is 10.1 Å². The highest BCUT2D eigenvalue weighted by atomic mass is 16.5. The fourth-order valence-corrected chi connectivity index (χ4v) is 2.60. The van der Waals surface area contributed by atoms with Crippen molar-refractivity contribution >= 4 is 0 Å². The van der Waals surface area contributed by atoms with Gasteiger partial charge in [0.25, 0.3) is 0 Å². The monoisotopic (exact) mass is 269 g/mol. The molecule has 2 nitrogen and oxygen atoms in total. The average Bonchev–Trinajstić information content (AvgIpc) is 2.50. The van der Waals surface area contributed by atoms with Gasteiger partial charge in [-0.05, 0) is 44.0 Å². The molecule has 0 saturated carbocycles. The third-order valence-corrected chi connectivity index (χ3v) is 3.83. The quantitative estimate of drug-likeness (QED) is 0.859. The number of nitrogens with one attached hydrogen (secondary N) is 1. The molecule has 1 unspecified atom stereocenters. The van der Waals surface area contributed by atoms with Gasteiger partial charge in [0, 0.05) is 11.6 Å². The van der Waals surface area contributed by atoms with Crippen LogP contribution in [0, 0.1) is 6.92 Å². The Morgan fingerprint density at radius 2 is 1.75 bits per heavy atom. The molecule has 2 aromatic carbocycles. The molecule has 2 aromatic rings. The maximum atomic E-state index is 5.46. The number of ether oxygens (including phenoxy) is 1. The van der Waals surface area contributed by atoms with Crippen LogP contribution in [0.5, 0.6) is 5.75 Å². The molecule has 106 valence electrons. The third-order valence-electron chi connectivity index (χ3n) is 3.83. The lowest BCUT2D eigenvalue weighted by Gasteiger charge is -2.19. The fraction of sp³-hybridized carbons (Fsp3) is 0.333. The van der Waals surface area contributed by atoms with E-state index < -0.39 is 0 Å². The van der Waals surface area contributed by atoms with Crippen LogP contribution in [0.4, 0.5) is 0 Å². The maximum absolute atomic E-state index is 5.46. The van der Waals surface area contributed by atoms with Crippen molar-refractivity contribution in [2.24, 2.45) is 0 Å². The summed E-state index contributed by atoms with van der Waals surface area (Å²) in [5.74, 6) is 0.955. The van der Waals surface area contributed by atoms with Crippen molar-refractivity contribution in [3.05, 3.63) is 65.2 Å². The molecule has 0 spiro atoms. The second kappa shape index (κ2) is 7.11. The Hall–Kier alpha value is -1.80. The summed E-state index contributed by atoms with van der Waals surface area (Å²) in [5, 5.41) is 3.40. The van der Waals surface area contributed by atoms with Crippen molar-refractivity contribution in [1.29, 1.82) is 0 Å². The molecule has 1 atom stereocenters. The van der Waals surface area contributed by atoms with E-state index in [2.05, 4.69) is 48.6 Å². The topological polar surface area (TPSA) is 21.3 Å². The minimum atomic E-state index is 0.311. The molecule has 0 aromatic heterocycles. The number of benzene rings is 2. The summed E-state index contributed by atoms with van der Waals surface area (Å²) in [4.78, 5) is 0.